The maximum atomic E-state index is 9.38. The number of fused-ring (bicyclic) bond motifs is 7. The van der Waals surface area contributed by atoms with Crippen molar-refractivity contribution in [3.05, 3.63) is 145 Å². The lowest BCUT2D eigenvalue weighted by molar-refractivity contribution is 0.636. The maximum absolute atomic E-state index is 9.38. The number of para-hydroxylation sites is 1. The molecule has 2 nitrogen and oxygen atoms in total. The molecule has 0 aliphatic rings. The molecule has 0 amide bonds. The fourth-order valence-corrected chi connectivity index (χ4v) is 5.91. The monoisotopic (exact) mass is 549 g/mol. The summed E-state index contributed by atoms with van der Waals surface area (Å²) in [4.78, 5) is 0. The van der Waals surface area contributed by atoms with Gasteiger partial charge in [0.25, 0.3) is 0 Å². The van der Waals surface area contributed by atoms with Gasteiger partial charge in [0.2, 0.25) is 0 Å². The van der Waals surface area contributed by atoms with Gasteiger partial charge in [0.05, 0.1) is 23.2 Å². The molecule has 7 aromatic carbocycles. The van der Waals surface area contributed by atoms with Crippen LogP contribution >= 0.6 is 0 Å². The van der Waals surface area contributed by atoms with Gasteiger partial charge in [-0.05, 0) is 56.4 Å². The summed E-state index contributed by atoms with van der Waals surface area (Å²) in [6.45, 7) is 0. The Balaban J connectivity index is 1.64. The second kappa shape index (κ2) is 8.95. The van der Waals surface area contributed by atoms with Gasteiger partial charge in [-0.1, -0.05) is 127 Å². The van der Waals surface area contributed by atoms with E-state index in [0.717, 1.165) is 5.39 Å². The van der Waals surface area contributed by atoms with Crippen molar-refractivity contribution in [3.63, 3.8) is 0 Å². The standard InChI is InChI=1S/C40H24O2/c1-3-13-25(14-4-1)35-27-17-7-9-19-29(27)37(30-20-10-8-18-28(30)35)40-36(26-15-5-2-6-16-26)32-23-24-34-38(39(32)42-40)31-21-11-12-22-33(31)41-34/h1-24H/i1D,3D,4D,7D,8D,9D,10D,13D,14D,17D,18D,19D,20D. The van der Waals surface area contributed by atoms with Gasteiger partial charge >= 0.3 is 0 Å². The highest BCUT2D eigenvalue weighted by Crippen LogP contribution is 2.50. The highest BCUT2D eigenvalue weighted by molar-refractivity contribution is 6.25. The van der Waals surface area contributed by atoms with E-state index in [1.54, 1.807) is 24.3 Å². The van der Waals surface area contributed by atoms with Gasteiger partial charge in [-0.3, -0.25) is 0 Å². The topological polar surface area (TPSA) is 26.3 Å². The van der Waals surface area contributed by atoms with E-state index in [9.17, 15) is 5.48 Å². The average Bonchev–Trinajstić information content (AvgIpc) is 3.77. The maximum Gasteiger partial charge on any atom is 0.147 e. The van der Waals surface area contributed by atoms with Gasteiger partial charge in [-0.15, -0.1) is 0 Å². The van der Waals surface area contributed by atoms with Crippen LogP contribution in [0.2, 0.25) is 0 Å². The van der Waals surface area contributed by atoms with E-state index in [4.69, 9.17) is 21.2 Å². The number of benzene rings is 7. The summed E-state index contributed by atoms with van der Waals surface area (Å²) in [7, 11) is 0. The van der Waals surface area contributed by atoms with E-state index >= 15 is 0 Å². The smallest absolute Gasteiger partial charge is 0.147 e. The van der Waals surface area contributed by atoms with Crippen LogP contribution in [0.25, 0.3) is 88.0 Å². The van der Waals surface area contributed by atoms with Crippen molar-refractivity contribution in [2.75, 3.05) is 0 Å². The van der Waals surface area contributed by atoms with Crippen LogP contribution in [0, 0.1) is 0 Å². The first-order chi connectivity index (χ1) is 26.3. The Morgan fingerprint density at radius 3 is 1.74 bits per heavy atom. The molecule has 0 saturated carbocycles. The third-order valence-electron chi connectivity index (χ3n) is 7.61. The average molecular weight is 550 g/mol. The molecule has 196 valence electrons. The molecule has 2 heterocycles. The molecular formula is C40H24O2. The van der Waals surface area contributed by atoms with Gasteiger partial charge in [0.1, 0.15) is 22.5 Å². The molecule has 2 aromatic heterocycles. The van der Waals surface area contributed by atoms with Crippen LogP contribution in [-0.2, 0) is 0 Å². The van der Waals surface area contributed by atoms with Crippen molar-refractivity contribution >= 4 is 54.5 Å². The minimum Gasteiger partial charge on any atom is -0.456 e. The van der Waals surface area contributed by atoms with Crippen LogP contribution in [-0.4, -0.2) is 0 Å². The molecule has 0 aliphatic heterocycles. The summed E-state index contributed by atoms with van der Waals surface area (Å²) in [5.74, 6) is 0.0247. The number of hydrogen-bond donors (Lipinski definition) is 0. The van der Waals surface area contributed by atoms with Crippen LogP contribution in [0.15, 0.2) is 154 Å². The largest absolute Gasteiger partial charge is 0.456 e. The van der Waals surface area contributed by atoms with E-state index in [1.807, 2.05) is 42.5 Å². The zero-order valence-corrected chi connectivity index (χ0v) is 21.7. The summed E-state index contributed by atoms with van der Waals surface area (Å²) in [5, 5.41) is 0.858. The predicted molar refractivity (Wildman–Crippen MR) is 175 cm³/mol. The van der Waals surface area contributed by atoms with Gasteiger partial charge < -0.3 is 8.83 Å². The molecule has 2 heteroatoms. The molecule has 0 N–H and O–H groups in total. The second-order valence-electron chi connectivity index (χ2n) is 9.84. The molecule has 42 heavy (non-hydrogen) atoms. The fraction of sp³-hybridized carbons (Fsp3) is 0. The van der Waals surface area contributed by atoms with Crippen molar-refractivity contribution in [1.29, 1.82) is 0 Å². The van der Waals surface area contributed by atoms with Crippen molar-refractivity contribution in [2.24, 2.45) is 0 Å². The third-order valence-corrected chi connectivity index (χ3v) is 7.61. The Morgan fingerprint density at radius 2 is 1.02 bits per heavy atom. The second-order valence-corrected chi connectivity index (χ2v) is 9.84. The first kappa shape index (κ1) is 13.8. The van der Waals surface area contributed by atoms with Gasteiger partial charge in [-0.2, -0.15) is 0 Å². The molecule has 0 spiro atoms. The Morgan fingerprint density at radius 1 is 0.405 bits per heavy atom. The molecule has 0 unspecified atom stereocenters. The summed E-state index contributed by atoms with van der Waals surface area (Å²) in [6.07, 6.45) is 0. The van der Waals surface area contributed by atoms with E-state index in [2.05, 4.69) is 0 Å². The lowest BCUT2D eigenvalue weighted by Gasteiger charge is -2.17. The van der Waals surface area contributed by atoms with E-state index < -0.39 is 84.1 Å². The fourth-order valence-electron chi connectivity index (χ4n) is 5.91. The summed E-state index contributed by atoms with van der Waals surface area (Å²) in [6, 6.07) is 11.2. The van der Waals surface area contributed by atoms with Gasteiger partial charge in [0.15, 0.2) is 0 Å². The highest BCUT2D eigenvalue weighted by atomic mass is 16.3. The van der Waals surface area contributed by atoms with E-state index in [1.165, 1.54) is 0 Å². The molecule has 0 saturated heterocycles. The lowest BCUT2D eigenvalue weighted by Crippen LogP contribution is -1.91. The van der Waals surface area contributed by atoms with Crippen LogP contribution in [0.4, 0.5) is 0 Å². The zero-order valence-electron chi connectivity index (χ0n) is 34.7. The van der Waals surface area contributed by atoms with Crippen LogP contribution in [0.5, 0.6) is 0 Å². The molecular weight excluding hydrogens is 512 g/mol. The van der Waals surface area contributed by atoms with Gasteiger partial charge in [0, 0.05) is 21.9 Å². The SMILES string of the molecule is [2H]c1c([2H])c([2H])c(-c2c3c([2H])c([2H])c([2H])c([2H])c3c(-c3oc4c(ccc5oc6ccccc6c54)c3-c3ccccc3)c3c([2H])c([2H])c([2H])c([2H])c23)c([2H])c1[2H]. The van der Waals surface area contributed by atoms with Crippen molar-refractivity contribution < 1.29 is 26.7 Å². The first-order valence-corrected chi connectivity index (χ1v) is 13.2. The van der Waals surface area contributed by atoms with Crippen molar-refractivity contribution in [2.45, 2.75) is 0 Å². The van der Waals surface area contributed by atoms with Crippen molar-refractivity contribution in [1.82, 2.24) is 0 Å². The third kappa shape index (κ3) is 3.27. The highest BCUT2D eigenvalue weighted by Gasteiger charge is 2.25. The quantitative estimate of drug-likeness (QED) is 0.205. The van der Waals surface area contributed by atoms with Crippen LogP contribution in [0.1, 0.15) is 17.8 Å². The Hall–Kier alpha value is -5.60. The number of hydrogen-bond acceptors (Lipinski definition) is 2. The van der Waals surface area contributed by atoms with Crippen molar-refractivity contribution in [3.8, 4) is 33.6 Å². The Kier molecular flexibility index (Phi) is 2.95. The Labute approximate surface area is 260 Å². The molecule has 0 radical (unpaired) electrons. The molecule has 0 aliphatic carbocycles. The number of furan rings is 2. The van der Waals surface area contributed by atoms with E-state index in [-0.39, 0.29) is 38.4 Å². The van der Waals surface area contributed by atoms with Gasteiger partial charge in [-0.25, -0.2) is 0 Å². The number of rotatable bonds is 3. The molecule has 0 bridgehead atoms. The minimum atomic E-state index is -0.733. The molecule has 0 atom stereocenters. The molecule has 9 rings (SSSR count). The minimum absolute atomic E-state index is 0.0247. The summed E-state index contributed by atoms with van der Waals surface area (Å²) in [5.41, 5.74) is 1.61. The summed E-state index contributed by atoms with van der Waals surface area (Å²) < 4.78 is 129. The summed E-state index contributed by atoms with van der Waals surface area (Å²) >= 11 is 0. The first-order valence-electron chi connectivity index (χ1n) is 19.7. The van der Waals surface area contributed by atoms with Crippen LogP contribution < -0.4 is 0 Å². The normalized spacial score (nSPS) is 16.1. The van der Waals surface area contributed by atoms with Crippen LogP contribution in [0.3, 0.4) is 0 Å². The molecule has 9 aromatic rings. The Bertz CT molecular complexity index is 3070. The lowest BCUT2D eigenvalue weighted by atomic mass is 9.86. The zero-order chi connectivity index (χ0) is 38.9. The predicted octanol–water partition coefficient (Wildman–Crippen LogP) is 11.6. The van der Waals surface area contributed by atoms with E-state index in [0.29, 0.717) is 38.6 Å². The molecule has 0 fully saturated rings.